The van der Waals surface area contributed by atoms with Crippen LogP contribution in [-0.4, -0.2) is 30.6 Å². The van der Waals surface area contributed by atoms with Gasteiger partial charge in [0.2, 0.25) is 0 Å². The first-order valence-electron chi connectivity index (χ1n) is 6.47. The number of fused-ring (bicyclic) bond motifs is 1. The molecule has 1 aromatic rings. The SMILES string of the molecule is c1ccc(C2NCCN3CCCCC23)cc1. The van der Waals surface area contributed by atoms with Crippen molar-refractivity contribution in [3.63, 3.8) is 0 Å². The number of nitrogens with one attached hydrogen (secondary N) is 1. The highest BCUT2D eigenvalue weighted by Gasteiger charge is 2.33. The number of piperazine rings is 1. The van der Waals surface area contributed by atoms with Crippen LogP contribution < -0.4 is 5.32 Å². The predicted molar refractivity (Wildman–Crippen MR) is 66.4 cm³/mol. The normalized spacial score (nSPS) is 31.0. The minimum Gasteiger partial charge on any atom is -0.307 e. The number of rotatable bonds is 1. The summed E-state index contributed by atoms with van der Waals surface area (Å²) in [6.45, 7) is 3.67. The summed E-state index contributed by atoms with van der Waals surface area (Å²) >= 11 is 0. The second-order valence-electron chi connectivity index (χ2n) is 4.94. The van der Waals surface area contributed by atoms with Crippen LogP contribution in [0.4, 0.5) is 0 Å². The molecule has 2 aliphatic heterocycles. The molecule has 2 atom stereocenters. The second kappa shape index (κ2) is 4.56. The van der Waals surface area contributed by atoms with Crippen molar-refractivity contribution in [1.29, 1.82) is 0 Å². The molecule has 2 saturated heterocycles. The van der Waals surface area contributed by atoms with E-state index in [9.17, 15) is 0 Å². The molecule has 2 fully saturated rings. The molecule has 0 saturated carbocycles. The molecule has 2 nitrogen and oxygen atoms in total. The van der Waals surface area contributed by atoms with E-state index in [0.29, 0.717) is 6.04 Å². The first-order valence-corrected chi connectivity index (χ1v) is 6.47. The van der Waals surface area contributed by atoms with Gasteiger partial charge in [-0.1, -0.05) is 36.8 Å². The monoisotopic (exact) mass is 216 g/mol. The Morgan fingerprint density at radius 2 is 1.94 bits per heavy atom. The minimum atomic E-state index is 0.551. The van der Waals surface area contributed by atoms with Crippen LogP contribution in [0.25, 0.3) is 0 Å². The van der Waals surface area contributed by atoms with Gasteiger partial charge in [-0.2, -0.15) is 0 Å². The van der Waals surface area contributed by atoms with Crippen LogP contribution in [0.5, 0.6) is 0 Å². The van der Waals surface area contributed by atoms with E-state index in [0.717, 1.165) is 12.6 Å². The minimum absolute atomic E-state index is 0.551. The Morgan fingerprint density at radius 3 is 2.81 bits per heavy atom. The maximum Gasteiger partial charge on any atom is 0.0478 e. The van der Waals surface area contributed by atoms with Gasteiger partial charge in [0.05, 0.1) is 0 Å². The van der Waals surface area contributed by atoms with Crippen molar-refractivity contribution in [3.8, 4) is 0 Å². The average Bonchev–Trinajstić information content (AvgIpc) is 2.39. The molecule has 0 spiro atoms. The predicted octanol–water partition coefficient (Wildman–Crippen LogP) is 2.19. The van der Waals surface area contributed by atoms with Crippen LogP contribution in [0, 0.1) is 0 Å². The Bertz CT molecular complexity index is 334. The van der Waals surface area contributed by atoms with Crippen molar-refractivity contribution in [2.24, 2.45) is 0 Å². The topological polar surface area (TPSA) is 15.3 Å². The van der Waals surface area contributed by atoms with Crippen molar-refractivity contribution >= 4 is 0 Å². The van der Waals surface area contributed by atoms with Gasteiger partial charge in [-0.15, -0.1) is 0 Å². The molecule has 1 aromatic carbocycles. The molecule has 0 aromatic heterocycles. The van der Waals surface area contributed by atoms with Gasteiger partial charge in [0, 0.05) is 25.2 Å². The van der Waals surface area contributed by atoms with E-state index in [1.807, 2.05) is 0 Å². The number of hydrogen-bond acceptors (Lipinski definition) is 2. The van der Waals surface area contributed by atoms with Gasteiger partial charge >= 0.3 is 0 Å². The third-order valence-electron chi connectivity index (χ3n) is 3.97. The van der Waals surface area contributed by atoms with E-state index in [2.05, 4.69) is 40.5 Å². The molecule has 2 unspecified atom stereocenters. The van der Waals surface area contributed by atoms with Crippen LogP contribution in [0.1, 0.15) is 30.9 Å². The fourth-order valence-electron chi connectivity index (χ4n) is 3.17. The van der Waals surface area contributed by atoms with Crippen LogP contribution in [0.3, 0.4) is 0 Å². The molecule has 2 heteroatoms. The van der Waals surface area contributed by atoms with E-state index in [1.54, 1.807) is 0 Å². The summed E-state index contributed by atoms with van der Waals surface area (Å²) < 4.78 is 0. The van der Waals surface area contributed by atoms with Crippen LogP contribution in [0.15, 0.2) is 30.3 Å². The van der Waals surface area contributed by atoms with Crippen molar-refractivity contribution in [2.75, 3.05) is 19.6 Å². The van der Waals surface area contributed by atoms with Gasteiger partial charge in [-0.3, -0.25) is 4.90 Å². The summed E-state index contributed by atoms with van der Waals surface area (Å²) in [7, 11) is 0. The van der Waals surface area contributed by atoms with Crippen molar-refractivity contribution in [3.05, 3.63) is 35.9 Å². The van der Waals surface area contributed by atoms with Crippen molar-refractivity contribution in [2.45, 2.75) is 31.3 Å². The summed E-state index contributed by atoms with van der Waals surface area (Å²) in [5.41, 5.74) is 1.46. The van der Waals surface area contributed by atoms with E-state index in [-0.39, 0.29) is 0 Å². The van der Waals surface area contributed by atoms with Gasteiger partial charge in [0.15, 0.2) is 0 Å². The van der Waals surface area contributed by atoms with Gasteiger partial charge in [0.25, 0.3) is 0 Å². The van der Waals surface area contributed by atoms with Gasteiger partial charge in [-0.05, 0) is 24.9 Å². The highest BCUT2D eigenvalue weighted by molar-refractivity contribution is 5.21. The van der Waals surface area contributed by atoms with Crippen molar-refractivity contribution < 1.29 is 0 Å². The Morgan fingerprint density at radius 1 is 1.06 bits per heavy atom. The Hall–Kier alpha value is -0.860. The highest BCUT2D eigenvalue weighted by Crippen LogP contribution is 2.30. The quantitative estimate of drug-likeness (QED) is 0.774. The lowest BCUT2D eigenvalue weighted by Crippen LogP contribution is -2.54. The highest BCUT2D eigenvalue weighted by atomic mass is 15.2. The summed E-state index contributed by atoms with van der Waals surface area (Å²) in [5.74, 6) is 0. The lowest BCUT2D eigenvalue weighted by molar-refractivity contribution is 0.0831. The number of nitrogens with zero attached hydrogens (tertiary/aromatic N) is 1. The second-order valence-corrected chi connectivity index (χ2v) is 4.94. The fourth-order valence-corrected chi connectivity index (χ4v) is 3.17. The fraction of sp³-hybridized carbons (Fsp3) is 0.571. The summed E-state index contributed by atoms with van der Waals surface area (Å²) in [6.07, 6.45) is 4.14. The first kappa shape index (κ1) is 10.3. The van der Waals surface area contributed by atoms with Gasteiger partial charge in [0.1, 0.15) is 0 Å². The number of hydrogen-bond donors (Lipinski definition) is 1. The molecule has 2 heterocycles. The molecule has 0 aliphatic carbocycles. The van der Waals surface area contributed by atoms with E-state index >= 15 is 0 Å². The lowest BCUT2D eigenvalue weighted by Gasteiger charge is -2.45. The molecule has 1 N–H and O–H groups in total. The smallest absolute Gasteiger partial charge is 0.0478 e. The average molecular weight is 216 g/mol. The standard InChI is InChI=1S/C14H20N2/c1-2-6-12(7-3-1)14-13-8-4-5-10-16(13)11-9-15-14/h1-3,6-7,13-15H,4-5,8-11H2. The van der Waals surface area contributed by atoms with E-state index in [4.69, 9.17) is 0 Å². The molecular weight excluding hydrogens is 196 g/mol. The van der Waals surface area contributed by atoms with E-state index in [1.165, 1.54) is 37.9 Å². The van der Waals surface area contributed by atoms with Crippen molar-refractivity contribution in [1.82, 2.24) is 10.2 Å². The summed E-state index contributed by atoms with van der Waals surface area (Å²) in [6, 6.07) is 12.2. The molecular formula is C14H20N2. The molecule has 0 radical (unpaired) electrons. The maximum atomic E-state index is 3.69. The molecule has 0 amide bonds. The van der Waals surface area contributed by atoms with Crippen LogP contribution in [-0.2, 0) is 0 Å². The maximum absolute atomic E-state index is 3.69. The molecule has 0 bridgehead atoms. The largest absolute Gasteiger partial charge is 0.307 e. The third kappa shape index (κ3) is 1.87. The number of piperidine rings is 1. The third-order valence-corrected chi connectivity index (χ3v) is 3.97. The Balaban J connectivity index is 1.83. The molecule has 86 valence electrons. The van der Waals surface area contributed by atoms with E-state index < -0.39 is 0 Å². The summed E-state index contributed by atoms with van der Waals surface area (Å²) in [4.78, 5) is 2.68. The number of benzene rings is 1. The van der Waals surface area contributed by atoms with Crippen LogP contribution in [0.2, 0.25) is 0 Å². The summed E-state index contributed by atoms with van der Waals surface area (Å²) in [5, 5.41) is 3.69. The molecule has 3 rings (SSSR count). The Labute approximate surface area is 97.6 Å². The van der Waals surface area contributed by atoms with Gasteiger partial charge in [-0.25, -0.2) is 0 Å². The molecule has 2 aliphatic rings. The zero-order valence-corrected chi connectivity index (χ0v) is 9.73. The zero-order chi connectivity index (χ0) is 10.8. The first-order chi connectivity index (χ1) is 7.95. The zero-order valence-electron chi connectivity index (χ0n) is 9.73. The van der Waals surface area contributed by atoms with Crippen LogP contribution >= 0.6 is 0 Å². The lowest BCUT2D eigenvalue weighted by atomic mass is 9.89. The van der Waals surface area contributed by atoms with Gasteiger partial charge < -0.3 is 5.32 Å². The molecule has 16 heavy (non-hydrogen) atoms. The Kier molecular flexibility index (Phi) is 2.94.